The molecule has 3 rings (SSSR count). The number of halogens is 3. The maximum absolute atomic E-state index is 14.1. The second-order valence-corrected chi connectivity index (χ2v) is 13.3. The van der Waals surface area contributed by atoms with Crippen molar-refractivity contribution >= 4 is 66.7 Å². The molecule has 0 spiro atoms. The second-order valence-electron chi connectivity index (χ2n) is 9.75. The van der Waals surface area contributed by atoms with Crippen LogP contribution in [0, 0.1) is 0 Å². The Morgan fingerprint density at radius 1 is 0.952 bits per heavy atom. The summed E-state index contributed by atoms with van der Waals surface area (Å²) in [6.45, 7) is 7.19. The van der Waals surface area contributed by atoms with Crippen LogP contribution in [0.5, 0.6) is 5.75 Å². The Labute approximate surface area is 266 Å². The van der Waals surface area contributed by atoms with Gasteiger partial charge in [-0.05, 0) is 93.4 Å². The van der Waals surface area contributed by atoms with E-state index in [1.807, 2.05) is 20.8 Å². The number of carbonyl (C=O) groups excluding carboxylic acids is 2. The Bertz CT molecular complexity index is 1490. The SMILES string of the molecule is CCOc1ccc(N(CC(=O)N(Cc2ccc(Cl)c(Cl)c2)[C@H](CC)C(=O)NC(C)C)S(=O)(=O)c2ccc(Br)cc2)cc1. The third-order valence-electron chi connectivity index (χ3n) is 6.27. The molecule has 226 valence electrons. The molecule has 8 nitrogen and oxygen atoms in total. The summed E-state index contributed by atoms with van der Waals surface area (Å²) in [4.78, 5) is 28.8. The smallest absolute Gasteiger partial charge is 0.264 e. The molecule has 42 heavy (non-hydrogen) atoms. The molecule has 0 unspecified atom stereocenters. The van der Waals surface area contributed by atoms with Crippen molar-refractivity contribution in [1.29, 1.82) is 0 Å². The molecule has 0 fully saturated rings. The fraction of sp³-hybridized carbons (Fsp3) is 0.333. The molecule has 0 saturated heterocycles. The summed E-state index contributed by atoms with van der Waals surface area (Å²) in [5, 5.41) is 3.52. The normalized spacial score (nSPS) is 12.1. The van der Waals surface area contributed by atoms with Gasteiger partial charge in [0.2, 0.25) is 11.8 Å². The van der Waals surface area contributed by atoms with Gasteiger partial charge in [0, 0.05) is 17.1 Å². The Balaban J connectivity index is 2.08. The molecule has 1 N–H and O–H groups in total. The van der Waals surface area contributed by atoms with Crippen LogP contribution in [-0.4, -0.2) is 50.4 Å². The van der Waals surface area contributed by atoms with E-state index in [2.05, 4.69) is 21.2 Å². The van der Waals surface area contributed by atoms with Gasteiger partial charge in [0.15, 0.2) is 0 Å². The van der Waals surface area contributed by atoms with E-state index >= 15 is 0 Å². The first kappa shape index (κ1) is 33.7. The van der Waals surface area contributed by atoms with Crippen molar-refractivity contribution in [2.75, 3.05) is 17.5 Å². The molecule has 2 amide bonds. The number of nitrogens with one attached hydrogen (secondary N) is 1. The number of nitrogens with zero attached hydrogens (tertiary/aromatic N) is 2. The zero-order valence-corrected chi connectivity index (χ0v) is 27.7. The molecule has 0 aliphatic rings. The van der Waals surface area contributed by atoms with Crippen molar-refractivity contribution in [3.8, 4) is 5.75 Å². The maximum Gasteiger partial charge on any atom is 0.264 e. The van der Waals surface area contributed by atoms with E-state index in [1.54, 1.807) is 61.5 Å². The average molecular weight is 699 g/mol. The highest BCUT2D eigenvalue weighted by molar-refractivity contribution is 9.10. The lowest BCUT2D eigenvalue weighted by Crippen LogP contribution is -2.53. The third kappa shape index (κ3) is 8.63. The van der Waals surface area contributed by atoms with Crippen molar-refractivity contribution in [2.24, 2.45) is 0 Å². The molecule has 3 aromatic carbocycles. The Hall–Kier alpha value is -2.79. The second kappa shape index (κ2) is 15.1. The summed E-state index contributed by atoms with van der Waals surface area (Å²) in [6, 6.07) is 16.5. The number of sulfonamides is 1. The predicted octanol–water partition coefficient (Wildman–Crippen LogP) is 6.68. The number of hydrogen-bond donors (Lipinski definition) is 1. The van der Waals surface area contributed by atoms with E-state index in [0.29, 0.717) is 38.9 Å². The van der Waals surface area contributed by atoms with Crippen LogP contribution in [0.1, 0.15) is 39.7 Å². The monoisotopic (exact) mass is 697 g/mol. The Morgan fingerprint density at radius 2 is 1.60 bits per heavy atom. The van der Waals surface area contributed by atoms with Gasteiger partial charge in [0.25, 0.3) is 10.0 Å². The summed E-state index contributed by atoms with van der Waals surface area (Å²) >= 11 is 15.7. The van der Waals surface area contributed by atoms with E-state index in [4.69, 9.17) is 27.9 Å². The molecule has 12 heteroatoms. The van der Waals surface area contributed by atoms with Gasteiger partial charge in [-0.1, -0.05) is 52.1 Å². The summed E-state index contributed by atoms with van der Waals surface area (Å²) in [5.41, 5.74) is 0.904. The fourth-order valence-electron chi connectivity index (χ4n) is 4.27. The van der Waals surface area contributed by atoms with E-state index in [9.17, 15) is 18.0 Å². The van der Waals surface area contributed by atoms with Crippen LogP contribution in [0.15, 0.2) is 76.1 Å². The Kier molecular flexibility index (Phi) is 12.1. The number of rotatable bonds is 13. The van der Waals surface area contributed by atoms with Gasteiger partial charge in [-0.15, -0.1) is 0 Å². The molecule has 0 bridgehead atoms. The predicted molar refractivity (Wildman–Crippen MR) is 171 cm³/mol. The van der Waals surface area contributed by atoms with Crippen molar-refractivity contribution in [1.82, 2.24) is 10.2 Å². The van der Waals surface area contributed by atoms with Crippen LogP contribution in [0.4, 0.5) is 5.69 Å². The molecule has 0 saturated carbocycles. The molecule has 1 atom stereocenters. The molecule has 0 aromatic heterocycles. The van der Waals surface area contributed by atoms with Crippen LogP contribution >= 0.6 is 39.1 Å². The minimum atomic E-state index is -4.20. The van der Waals surface area contributed by atoms with Crippen LogP contribution < -0.4 is 14.4 Å². The van der Waals surface area contributed by atoms with Gasteiger partial charge in [0.05, 0.1) is 27.2 Å². The summed E-state index contributed by atoms with van der Waals surface area (Å²) in [7, 11) is -4.20. The van der Waals surface area contributed by atoms with Crippen molar-refractivity contribution in [3.05, 3.63) is 86.8 Å². The summed E-state index contributed by atoms with van der Waals surface area (Å²) in [6.07, 6.45) is 0.300. The number of carbonyl (C=O) groups is 2. The molecule has 0 heterocycles. The summed E-state index contributed by atoms with van der Waals surface area (Å²) < 4.78 is 35.2. The number of anilines is 1. The molecule has 0 aliphatic heterocycles. The number of ether oxygens (including phenoxy) is 1. The van der Waals surface area contributed by atoms with Crippen LogP contribution in [-0.2, 0) is 26.2 Å². The highest BCUT2D eigenvalue weighted by atomic mass is 79.9. The zero-order valence-electron chi connectivity index (χ0n) is 23.8. The van der Waals surface area contributed by atoms with Crippen LogP contribution in [0.25, 0.3) is 0 Å². The highest BCUT2D eigenvalue weighted by Crippen LogP contribution is 2.28. The van der Waals surface area contributed by atoms with E-state index in [1.165, 1.54) is 17.0 Å². The standard InChI is InChI=1S/C30H34BrCl2N3O5S/c1-5-28(30(38)34-20(3)4)35(18-21-7-16-26(32)27(33)17-21)29(37)19-36(23-10-12-24(13-11-23)41-6-2)42(39,40)25-14-8-22(31)9-15-25/h7-17,20,28H,5-6,18-19H2,1-4H3,(H,34,38)/t28-/m1/s1. The Morgan fingerprint density at radius 3 is 2.14 bits per heavy atom. The van der Waals surface area contributed by atoms with Gasteiger partial charge >= 0.3 is 0 Å². The molecular weight excluding hydrogens is 665 g/mol. The lowest BCUT2D eigenvalue weighted by Gasteiger charge is -2.33. The van der Waals surface area contributed by atoms with E-state index in [-0.39, 0.29) is 29.1 Å². The molecular formula is C30H34BrCl2N3O5S. The minimum Gasteiger partial charge on any atom is -0.494 e. The largest absolute Gasteiger partial charge is 0.494 e. The van der Waals surface area contributed by atoms with Crippen LogP contribution in [0.2, 0.25) is 10.0 Å². The topological polar surface area (TPSA) is 96.0 Å². The van der Waals surface area contributed by atoms with Crippen molar-refractivity contribution < 1.29 is 22.7 Å². The quantitative estimate of drug-likeness (QED) is 0.215. The molecule has 0 radical (unpaired) electrons. The van der Waals surface area contributed by atoms with E-state index < -0.39 is 28.5 Å². The fourth-order valence-corrected chi connectivity index (χ4v) is 6.27. The number of hydrogen-bond acceptors (Lipinski definition) is 5. The first-order valence-electron chi connectivity index (χ1n) is 13.4. The number of benzene rings is 3. The van der Waals surface area contributed by atoms with Crippen molar-refractivity contribution in [2.45, 2.75) is 57.6 Å². The third-order valence-corrected chi connectivity index (χ3v) is 9.33. The van der Waals surface area contributed by atoms with Crippen LogP contribution in [0.3, 0.4) is 0 Å². The van der Waals surface area contributed by atoms with Gasteiger partial charge in [-0.2, -0.15) is 0 Å². The van der Waals surface area contributed by atoms with E-state index in [0.717, 1.165) is 4.31 Å². The number of amides is 2. The average Bonchev–Trinajstić information content (AvgIpc) is 2.94. The molecule has 0 aliphatic carbocycles. The first-order chi connectivity index (χ1) is 19.9. The minimum absolute atomic E-state index is 0.00742. The van der Waals surface area contributed by atoms with Gasteiger partial charge < -0.3 is 15.0 Å². The maximum atomic E-state index is 14.1. The molecule has 3 aromatic rings. The zero-order chi connectivity index (χ0) is 31.0. The summed E-state index contributed by atoms with van der Waals surface area (Å²) in [5.74, 6) is -0.350. The highest BCUT2D eigenvalue weighted by Gasteiger charge is 2.34. The lowest BCUT2D eigenvalue weighted by molar-refractivity contribution is -0.140. The van der Waals surface area contributed by atoms with Gasteiger partial charge in [0.1, 0.15) is 18.3 Å². The first-order valence-corrected chi connectivity index (χ1v) is 16.4. The van der Waals surface area contributed by atoms with Gasteiger partial charge in [-0.3, -0.25) is 13.9 Å². The lowest BCUT2D eigenvalue weighted by atomic mass is 10.1. The van der Waals surface area contributed by atoms with Gasteiger partial charge in [-0.25, -0.2) is 8.42 Å². The van der Waals surface area contributed by atoms with Crippen molar-refractivity contribution in [3.63, 3.8) is 0 Å².